The van der Waals surface area contributed by atoms with Gasteiger partial charge < -0.3 is 5.32 Å². The molecular formula is C11H13BrFN. The quantitative estimate of drug-likeness (QED) is 0.816. The molecule has 0 atom stereocenters. The van der Waals surface area contributed by atoms with Crippen molar-refractivity contribution in [3.8, 4) is 0 Å². The zero-order valence-corrected chi connectivity index (χ0v) is 9.48. The van der Waals surface area contributed by atoms with Gasteiger partial charge in [0.05, 0.1) is 0 Å². The Bertz CT molecular complexity index is 301. The van der Waals surface area contributed by atoms with Crippen LogP contribution in [0.1, 0.15) is 24.3 Å². The number of piperidine rings is 1. The molecule has 0 radical (unpaired) electrons. The molecule has 1 aliphatic heterocycles. The molecule has 1 aromatic carbocycles. The molecule has 1 nitrogen and oxygen atoms in total. The van der Waals surface area contributed by atoms with Crippen molar-refractivity contribution in [1.29, 1.82) is 0 Å². The zero-order valence-electron chi connectivity index (χ0n) is 7.89. The fraction of sp³-hybridized carbons (Fsp3) is 0.455. The number of hydrogen-bond acceptors (Lipinski definition) is 1. The Hall–Kier alpha value is -0.410. The van der Waals surface area contributed by atoms with Gasteiger partial charge in [-0.05, 0) is 55.6 Å². The average Bonchev–Trinajstić information content (AvgIpc) is 2.18. The predicted octanol–water partition coefficient (Wildman–Crippen LogP) is 3.06. The first-order valence-electron chi connectivity index (χ1n) is 4.92. The molecule has 0 spiro atoms. The van der Waals surface area contributed by atoms with Crippen LogP contribution in [0.5, 0.6) is 0 Å². The molecule has 1 heterocycles. The lowest BCUT2D eigenvalue weighted by atomic mass is 9.90. The van der Waals surface area contributed by atoms with Crippen LogP contribution in [-0.4, -0.2) is 13.1 Å². The lowest BCUT2D eigenvalue weighted by molar-refractivity contribution is 0.458. The summed E-state index contributed by atoms with van der Waals surface area (Å²) in [6, 6.07) is 5.18. The Labute approximate surface area is 91.8 Å². The van der Waals surface area contributed by atoms with Crippen molar-refractivity contribution in [2.45, 2.75) is 18.8 Å². The summed E-state index contributed by atoms with van der Waals surface area (Å²) in [5, 5.41) is 3.31. The molecule has 0 aromatic heterocycles. The van der Waals surface area contributed by atoms with E-state index >= 15 is 0 Å². The number of hydrogen-bond donors (Lipinski definition) is 1. The highest BCUT2D eigenvalue weighted by Gasteiger charge is 2.15. The molecule has 0 aliphatic carbocycles. The average molecular weight is 258 g/mol. The maximum absolute atomic E-state index is 13.1. The third-order valence-electron chi connectivity index (χ3n) is 2.70. The molecule has 0 unspecified atom stereocenters. The van der Waals surface area contributed by atoms with Crippen LogP contribution in [0.25, 0.3) is 0 Å². The second-order valence-electron chi connectivity index (χ2n) is 3.73. The molecule has 0 amide bonds. The van der Waals surface area contributed by atoms with E-state index in [0.717, 1.165) is 36.0 Å². The third kappa shape index (κ3) is 2.34. The lowest BCUT2D eigenvalue weighted by Crippen LogP contribution is -2.26. The maximum atomic E-state index is 13.1. The third-order valence-corrected chi connectivity index (χ3v) is 3.15. The van der Waals surface area contributed by atoms with Crippen LogP contribution in [0.2, 0.25) is 0 Å². The Morgan fingerprint density at radius 2 is 1.93 bits per heavy atom. The van der Waals surface area contributed by atoms with Gasteiger partial charge in [0.25, 0.3) is 0 Å². The van der Waals surface area contributed by atoms with Crippen molar-refractivity contribution >= 4 is 15.9 Å². The summed E-state index contributed by atoms with van der Waals surface area (Å²) in [5.74, 6) is 0.371. The SMILES string of the molecule is Fc1cc(Br)cc(C2CCNCC2)c1. The Balaban J connectivity index is 2.21. The number of benzene rings is 1. The molecule has 1 aromatic rings. The summed E-state index contributed by atoms with van der Waals surface area (Å²) >= 11 is 3.32. The van der Waals surface area contributed by atoms with Gasteiger partial charge in [-0.2, -0.15) is 0 Å². The van der Waals surface area contributed by atoms with Gasteiger partial charge in [0.1, 0.15) is 5.82 Å². The van der Waals surface area contributed by atoms with E-state index in [2.05, 4.69) is 21.2 Å². The number of rotatable bonds is 1. The van der Waals surface area contributed by atoms with E-state index in [1.807, 2.05) is 6.07 Å². The van der Waals surface area contributed by atoms with Gasteiger partial charge in [0.15, 0.2) is 0 Å². The highest BCUT2D eigenvalue weighted by Crippen LogP contribution is 2.28. The highest BCUT2D eigenvalue weighted by molar-refractivity contribution is 9.10. The van der Waals surface area contributed by atoms with Crippen LogP contribution < -0.4 is 5.32 Å². The monoisotopic (exact) mass is 257 g/mol. The molecular weight excluding hydrogens is 245 g/mol. The molecule has 76 valence electrons. The first-order chi connectivity index (χ1) is 6.75. The van der Waals surface area contributed by atoms with Gasteiger partial charge in [0, 0.05) is 4.47 Å². The van der Waals surface area contributed by atoms with Crippen molar-refractivity contribution in [1.82, 2.24) is 5.32 Å². The van der Waals surface area contributed by atoms with E-state index in [4.69, 9.17) is 0 Å². The summed E-state index contributed by atoms with van der Waals surface area (Å²) in [5.41, 5.74) is 1.12. The van der Waals surface area contributed by atoms with E-state index in [1.165, 1.54) is 6.07 Å². The summed E-state index contributed by atoms with van der Waals surface area (Å²) in [4.78, 5) is 0. The van der Waals surface area contributed by atoms with Crippen LogP contribution in [0.4, 0.5) is 4.39 Å². The minimum Gasteiger partial charge on any atom is -0.317 e. The van der Waals surface area contributed by atoms with Crippen molar-refractivity contribution in [2.24, 2.45) is 0 Å². The molecule has 1 fully saturated rings. The Morgan fingerprint density at radius 1 is 1.21 bits per heavy atom. The summed E-state index contributed by atoms with van der Waals surface area (Å²) in [6.45, 7) is 2.08. The van der Waals surface area contributed by atoms with Gasteiger partial charge in [-0.25, -0.2) is 4.39 Å². The van der Waals surface area contributed by atoms with E-state index in [9.17, 15) is 4.39 Å². The molecule has 3 heteroatoms. The minimum absolute atomic E-state index is 0.145. The Kier molecular flexibility index (Phi) is 3.19. The molecule has 1 saturated heterocycles. The smallest absolute Gasteiger partial charge is 0.124 e. The molecule has 0 saturated carbocycles. The number of halogens is 2. The van der Waals surface area contributed by atoms with Gasteiger partial charge in [0.2, 0.25) is 0 Å². The van der Waals surface area contributed by atoms with E-state index in [0.29, 0.717) is 5.92 Å². The number of nitrogens with one attached hydrogen (secondary N) is 1. The summed E-state index contributed by atoms with van der Waals surface area (Å²) < 4.78 is 14.0. The van der Waals surface area contributed by atoms with E-state index in [-0.39, 0.29) is 5.82 Å². The van der Waals surface area contributed by atoms with Crippen LogP contribution >= 0.6 is 15.9 Å². The van der Waals surface area contributed by atoms with Crippen LogP contribution in [0.3, 0.4) is 0 Å². The second kappa shape index (κ2) is 4.41. The molecule has 2 rings (SSSR count). The second-order valence-corrected chi connectivity index (χ2v) is 4.64. The van der Waals surface area contributed by atoms with E-state index in [1.54, 1.807) is 6.07 Å². The molecule has 1 aliphatic rings. The molecule has 14 heavy (non-hydrogen) atoms. The normalized spacial score (nSPS) is 18.4. The predicted molar refractivity (Wildman–Crippen MR) is 58.9 cm³/mol. The first-order valence-corrected chi connectivity index (χ1v) is 5.72. The van der Waals surface area contributed by atoms with Crippen molar-refractivity contribution in [2.75, 3.05) is 13.1 Å². The van der Waals surface area contributed by atoms with Gasteiger partial charge >= 0.3 is 0 Å². The fourth-order valence-electron chi connectivity index (χ4n) is 1.97. The molecule has 0 bridgehead atoms. The van der Waals surface area contributed by atoms with Gasteiger partial charge in [-0.3, -0.25) is 0 Å². The zero-order chi connectivity index (χ0) is 9.97. The van der Waals surface area contributed by atoms with Crippen LogP contribution in [0.15, 0.2) is 22.7 Å². The fourth-order valence-corrected chi connectivity index (χ4v) is 2.45. The van der Waals surface area contributed by atoms with Crippen molar-refractivity contribution in [3.63, 3.8) is 0 Å². The topological polar surface area (TPSA) is 12.0 Å². The van der Waals surface area contributed by atoms with Crippen LogP contribution in [-0.2, 0) is 0 Å². The molecule has 1 N–H and O–H groups in total. The van der Waals surface area contributed by atoms with E-state index < -0.39 is 0 Å². The van der Waals surface area contributed by atoms with Crippen LogP contribution in [0, 0.1) is 5.82 Å². The van der Waals surface area contributed by atoms with Gasteiger partial charge in [-0.15, -0.1) is 0 Å². The largest absolute Gasteiger partial charge is 0.317 e. The van der Waals surface area contributed by atoms with Gasteiger partial charge in [-0.1, -0.05) is 15.9 Å². The van der Waals surface area contributed by atoms with Crippen molar-refractivity contribution < 1.29 is 4.39 Å². The maximum Gasteiger partial charge on any atom is 0.124 e. The Morgan fingerprint density at radius 3 is 2.57 bits per heavy atom. The van der Waals surface area contributed by atoms with Crippen molar-refractivity contribution in [3.05, 3.63) is 34.1 Å². The summed E-state index contributed by atoms with van der Waals surface area (Å²) in [6.07, 6.45) is 2.21. The highest BCUT2D eigenvalue weighted by atomic mass is 79.9. The summed E-state index contributed by atoms with van der Waals surface area (Å²) in [7, 11) is 0. The first kappa shape index (κ1) is 10.1. The standard InChI is InChI=1S/C11H13BrFN/c12-10-5-9(6-11(13)7-10)8-1-3-14-4-2-8/h5-8,14H,1-4H2. The lowest BCUT2D eigenvalue weighted by Gasteiger charge is -2.23. The minimum atomic E-state index is -0.145.